The molecule has 21 heavy (non-hydrogen) atoms. The largest absolute Gasteiger partial charge is 0.313 e. The van der Waals surface area contributed by atoms with Gasteiger partial charge in [0.05, 0.1) is 5.02 Å². The molecule has 0 spiro atoms. The van der Waals surface area contributed by atoms with Gasteiger partial charge in [-0.3, -0.25) is 0 Å². The van der Waals surface area contributed by atoms with E-state index in [1.807, 2.05) is 6.07 Å². The van der Waals surface area contributed by atoms with Crippen LogP contribution in [0.15, 0.2) is 18.2 Å². The Labute approximate surface area is 134 Å². The van der Waals surface area contributed by atoms with Crippen molar-refractivity contribution in [2.45, 2.75) is 65.3 Å². The quantitative estimate of drug-likeness (QED) is 0.592. The van der Waals surface area contributed by atoms with E-state index in [0.717, 1.165) is 24.9 Å². The molecular weight excluding hydrogens is 285 g/mol. The molecule has 0 heterocycles. The van der Waals surface area contributed by atoms with Gasteiger partial charge in [-0.15, -0.1) is 0 Å². The summed E-state index contributed by atoms with van der Waals surface area (Å²) in [4.78, 5) is 0. The van der Waals surface area contributed by atoms with Crippen LogP contribution in [-0.4, -0.2) is 12.6 Å². The molecule has 0 aliphatic heterocycles. The molecule has 0 aromatic heterocycles. The molecule has 0 saturated carbocycles. The van der Waals surface area contributed by atoms with Crippen molar-refractivity contribution in [1.82, 2.24) is 5.32 Å². The van der Waals surface area contributed by atoms with E-state index in [1.165, 1.54) is 31.7 Å². The Morgan fingerprint density at radius 3 is 2.29 bits per heavy atom. The van der Waals surface area contributed by atoms with Gasteiger partial charge in [0.2, 0.25) is 0 Å². The van der Waals surface area contributed by atoms with Crippen LogP contribution in [0.25, 0.3) is 0 Å². The van der Waals surface area contributed by atoms with Crippen molar-refractivity contribution in [2.24, 2.45) is 5.92 Å². The first-order chi connectivity index (χ1) is 10.1. The second-order valence-corrected chi connectivity index (χ2v) is 6.26. The Bertz CT molecular complexity index is 402. The predicted octanol–water partition coefficient (Wildman–Crippen LogP) is 5.61. The molecule has 0 aliphatic rings. The lowest BCUT2D eigenvalue weighted by atomic mass is 9.86. The molecule has 1 atom stereocenters. The molecule has 120 valence electrons. The van der Waals surface area contributed by atoms with Gasteiger partial charge in [0.15, 0.2) is 0 Å². The first kappa shape index (κ1) is 18.4. The van der Waals surface area contributed by atoms with Gasteiger partial charge in [-0.2, -0.15) is 0 Å². The Morgan fingerprint density at radius 2 is 1.76 bits per heavy atom. The van der Waals surface area contributed by atoms with Gasteiger partial charge < -0.3 is 5.32 Å². The van der Waals surface area contributed by atoms with Crippen molar-refractivity contribution in [3.05, 3.63) is 34.6 Å². The number of halogens is 2. The van der Waals surface area contributed by atoms with Crippen molar-refractivity contribution in [3.63, 3.8) is 0 Å². The molecule has 0 amide bonds. The van der Waals surface area contributed by atoms with E-state index in [9.17, 15) is 4.39 Å². The standard InChI is InChI=1S/C18H29ClFN/c1-4-7-15(8-5-2)18(21-11-6-3)13-14-9-10-17(20)16(19)12-14/h9-10,12,15,18,21H,4-8,11,13H2,1-3H3. The van der Waals surface area contributed by atoms with Crippen molar-refractivity contribution in [1.29, 1.82) is 0 Å². The molecular formula is C18H29ClFN. The number of benzene rings is 1. The van der Waals surface area contributed by atoms with Crippen molar-refractivity contribution in [3.8, 4) is 0 Å². The summed E-state index contributed by atoms with van der Waals surface area (Å²) < 4.78 is 13.3. The Morgan fingerprint density at radius 1 is 1.10 bits per heavy atom. The molecule has 1 aromatic rings. The second kappa shape index (κ2) is 10.2. The van der Waals surface area contributed by atoms with Crippen LogP contribution in [0.3, 0.4) is 0 Å². The molecule has 0 aliphatic carbocycles. The summed E-state index contributed by atoms with van der Waals surface area (Å²) in [6, 6.07) is 5.55. The van der Waals surface area contributed by atoms with Crippen molar-refractivity contribution >= 4 is 11.6 Å². The first-order valence-corrected chi connectivity index (χ1v) is 8.67. The summed E-state index contributed by atoms with van der Waals surface area (Å²) in [7, 11) is 0. The lowest BCUT2D eigenvalue weighted by Crippen LogP contribution is -2.38. The third-order valence-corrected chi connectivity index (χ3v) is 4.27. The number of rotatable bonds is 10. The molecule has 1 aromatic carbocycles. The summed E-state index contributed by atoms with van der Waals surface area (Å²) in [6.45, 7) is 7.71. The average Bonchev–Trinajstić information content (AvgIpc) is 2.47. The highest BCUT2D eigenvalue weighted by molar-refractivity contribution is 6.30. The fraction of sp³-hybridized carbons (Fsp3) is 0.667. The van der Waals surface area contributed by atoms with Crippen LogP contribution < -0.4 is 5.32 Å². The molecule has 0 fully saturated rings. The van der Waals surface area contributed by atoms with Crippen molar-refractivity contribution < 1.29 is 4.39 Å². The summed E-state index contributed by atoms with van der Waals surface area (Å²) in [5.41, 5.74) is 1.12. The lowest BCUT2D eigenvalue weighted by molar-refractivity contribution is 0.308. The zero-order valence-electron chi connectivity index (χ0n) is 13.6. The lowest BCUT2D eigenvalue weighted by Gasteiger charge is -2.28. The van der Waals surface area contributed by atoms with E-state index < -0.39 is 0 Å². The first-order valence-electron chi connectivity index (χ1n) is 8.29. The molecule has 3 heteroatoms. The van der Waals surface area contributed by atoms with Gasteiger partial charge in [-0.25, -0.2) is 4.39 Å². The minimum Gasteiger partial charge on any atom is -0.313 e. The summed E-state index contributed by atoms with van der Waals surface area (Å²) in [6.07, 6.45) is 6.95. The van der Waals surface area contributed by atoms with E-state index in [4.69, 9.17) is 11.6 Å². The fourth-order valence-corrected chi connectivity index (χ4v) is 3.15. The highest BCUT2D eigenvalue weighted by Gasteiger charge is 2.20. The number of nitrogens with one attached hydrogen (secondary N) is 1. The maximum atomic E-state index is 13.3. The average molecular weight is 314 g/mol. The topological polar surface area (TPSA) is 12.0 Å². The Balaban J connectivity index is 2.81. The van der Waals surface area contributed by atoms with E-state index in [-0.39, 0.29) is 10.8 Å². The second-order valence-electron chi connectivity index (χ2n) is 5.85. The molecule has 1 unspecified atom stereocenters. The maximum absolute atomic E-state index is 13.3. The normalized spacial score (nSPS) is 12.9. The highest BCUT2D eigenvalue weighted by atomic mass is 35.5. The van der Waals surface area contributed by atoms with Gasteiger partial charge in [-0.1, -0.05) is 51.3 Å². The SMILES string of the molecule is CCCNC(Cc1ccc(F)c(Cl)c1)C(CCC)CCC. The summed E-state index contributed by atoms with van der Waals surface area (Å²) in [5.74, 6) is 0.340. The van der Waals surface area contributed by atoms with Gasteiger partial charge >= 0.3 is 0 Å². The number of hydrogen-bond acceptors (Lipinski definition) is 1. The smallest absolute Gasteiger partial charge is 0.141 e. The third-order valence-electron chi connectivity index (χ3n) is 3.98. The minimum atomic E-state index is -0.336. The van der Waals surface area contributed by atoms with Crippen LogP contribution in [0.1, 0.15) is 58.4 Å². The molecule has 1 N–H and O–H groups in total. The van der Waals surface area contributed by atoms with Gasteiger partial charge in [-0.05, 0) is 55.8 Å². The van der Waals surface area contributed by atoms with Crippen LogP contribution in [0.2, 0.25) is 5.02 Å². The molecule has 1 nitrogen and oxygen atoms in total. The highest BCUT2D eigenvalue weighted by Crippen LogP contribution is 2.23. The van der Waals surface area contributed by atoms with E-state index in [2.05, 4.69) is 26.1 Å². The Hall–Kier alpha value is -0.600. The van der Waals surface area contributed by atoms with Crippen LogP contribution in [0.5, 0.6) is 0 Å². The summed E-state index contributed by atoms with van der Waals surface area (Å²) >= 11 is 5.91. The third kappa shape index (κ3) is 6.36. The van der Waals surface area contributed by atoms with Crippen LogP contribution in [0, 0.1) is 11.7 Å². The van der Waals surface area contributed by atoms with Gasteiger partial charge in [0, 0.05) is 6.04 Å². The van der Waals surface area contributed by atoms with Gasteiger partial charge in [0.25, 0.3) is 0 Å². The molecule has 0 saturated heterocycles. The molecule has 1 rings (SSSR count). The molecule has 0 bridgehead atoms. The monoisotopic (exact) mass is 313 g/mol. The van der Waals surface area contributed by atoms with Crippen molar-refractivity contribution in [2.75, 3.05) is 6.54 Å². The van der Waals surface area contributed by atoms with Crippen LogP contribution in [-0.2, 0) is 6.42 Å². The predicted molar refractivity (Wildman–Crippen MR) is 90.5 cm³/mol. The summed E-state index contributed by atoms with van der Waals surface area (Å²) in [5, 5.41) is 3.91. The maximum Gasteiger partial charge on any atom is 0.141 e. The van der Waals surface area contributed by atoms with E-state index in [1.54, 1.807) is 6.07 Å². The van der Waals surface area contributed by atoms with Crippen LogP contribution >= 0.6 is 11.6 Å². The zero-order valence-corrected chi connectivity index (χ0v) is 14.3. The number of hydrogen-bond donors (Lipinski definition) is 1. The Kier molecular flexibility index (Phi) is 8.94. The van der Waals surface area contributed by atoms with E-state index in [0.29, 0.717) is 12.0 Å². The van der Waals surface area contributed by atoms with Gasteiger partial charge in [0.1, 0.15) is 5.82 Å². The minimum absolute atomic E-state index is 0.226. The van der Waals surface area contributed by atoms with Crippen LogP contribution in [0.4, 0.5) is 4.39 Å². The van der Waals surface area contributed by atoms with E-state index >= 15 is 0 Å². The molecule has 0 radical (unpaired) electrons. The fourth-order valence-electron chi connectivity index (χ4n) is 2.94. The zero-order chi connectivity index (χ0) is 15.7.